The molecule has 3 aromatic carbocycles. The Hall–Kier alpha value is -4.69. The average molecular weight is 652 g/mol. The largest absolute Gasteiger partial charge is 0.575 e. The Bertz CT molecular complexity index is 1760. The molecule has 1 saturated heterocycles. The first-order chi connectivity index (χ1) is 21.8. The van der Waals surface area contributed by atoms with Crippen LogP contribution in [0.1, 0.15) is 49.4 Å². The van der Waals surface area contributed by atoms with Crippen LogP contribution in [0.3, 0.4) is 0 Å². The number of aliphatic imine (C=N–C) groups is 1. The van der Waals surface area contributed by atoms with Gasteiger partial charge in [-0.2, -0.15) is 14.7 Å². The molecule has 1 fully saturated rings. The van der Waals surface area contributed by atoms with E-state index in [-0.39, 0.29) is 29.4 Å². The lowest BCUT2D eigenvalue weighted by molar-refractivity contribution is -0.278. The molecule has 240 valence electrons. The van der Waals surface area contributed by atoms with E-state index in [9.17, 15) is 22.8 Å². The molecule has 2 heterocycles. The Morgan fingerprint density at radius 1 is 1.07 bits per heavy atom. The molecule has 1 atom stereocenters. The molecule has 1 unspecified atom stereocenters. The molecule has 0 saturated carbocycles. The maximum Gasteiger partial charge on any atom is 0.575 e. The number of aryl methyl sites for hydroxylation is 1. The number of carbonyl (C=O) groups excluding carboxylic acids is 2. The maximum absolute atomic E-state index is 13.1. The number of rotatable bonds is 8. The van der Waals surface area contributed by atoms with Crippen LogP contribution in [0.5, 0.6) is 6.01 Å². The summed E-state index contributed by atoms with van der Waals surface area (Å²) in [5.41, 5.74) is 7.05. The Balaban J connectivity index is 1.31. The van der Waals surface area contributed by atoms with E-state index in [1.165, 1.54) is 16.7 Å². The second-order valence-electron chi connectivity index (χ2n) is 11.0. The van der Waals surface area contributed by atoms with Gasteiger partial charge in [-0.05, 0) is 54.7 Å². The van der Waals surface area contributed by atoms with E-state index in [0.717, 1.165) is 27.1 Å². The first-order valence-electron chi connectivity index (χ1n) is 14.4. The van der Waals surface area contributed by atoms with Crippen LogP contribution >= 0.6 is 11.8 Å². The number of aromatic nitrogens is 3. The lowest BCUT2D eigenvalue weighted by Crippen LogP contribution is -2.40. The van der Waals surface area contributed by atoms with Crippen molar-refractivity contribution in [2.24, 2.45) is 4.99 Å². The summed E-state index contributed by atoms with van der Waals surface area (Å²) in [6.45, 7) is 7.90. The van der Waals surface area contributed by atoms with Crippen LogP contribution in [0.25, 0.3) is 17.1 Å². The standard InChI is InChI=1S/C32H32F3N7O3S/c1-19(2)25-16-11-20(3)17-26(25)41-27(43)18-46-31(41)37-29(44)39-40(5)21(4)22-12-14-23(15-13-22)28-36-30(45-32(33,34)35)42(38-28)24-9-7-6-8-10-24/h6-17,19,21H,18H2,1-5H3,(H,39,44). The van der Waals surface area contributed by atoms with E-state index in [1.54, 1.807) is 66.7 Å². The van der Waals surface area contributed by atoms with Crippen molar-refractivity contribution >= 4 is 34.6 Å². The van der Waals surface area contributed by atoms with Gasteiger partial charge in [-0.1, -0.05) is 80.2 Å². The normalized spacial score (nSPS) is 15.2. The number of amidine groups is 1. The number of thioether (sulfide) groups is 1. The Labute approximate surface area is 268 Å². The number of carbonyl (C=O) groups is 2. The van der Waals surface area contributed by atoms with Gasteiger partial charge in [0.15, 0.2) is 11.0 Å². The zero-order valence-corrected chi connectivity index (χ0v) is 26.6. The van der Waals surface area contributed by atoms with Crippen LogP contribution in [0.15, 0.2) is 77.8 Å². The summed E-state index contributed by atoms with van der Waals surface area (Å²) in [4.78, 5) is 35.6. The highest BCUT2D eigenvalue weighted by molar-refractivity contribution is 8.15. The van der Waals surface area contributed by atoms with Crippen molar-refractivity contribution in [2.45, 2.75) is 46.0 Å². The third kappa shape index (κ3) is 7.40. The van der Waals surface area contributed by atoms with Crippen LogP contribution in [-0.2, 0) is 4.79 Å². The smallest absolute Gasteiger partial charge is 0.370 e. The monoisotopic (exact) mass is 651 g/mol. The Morgan fingerprint density at radius 3 is 2.41 bits per heavy atom. The van der Waals surface area contributed by atoms with E-state index in [2.05, 4.69) is 25.2 Å². The molecular weight excluding hydrogens is 619 g/mol. The number of ether oxygens (including phenoxy) is 1. The molecule has 46 heavy (non-hydrogen) atoms. The predicted octanol–water partition coefficient (Wildman–Crippen LogP) is 7.02. The number of hydrogen-bond donors (Lipinski definition) is 1. The second kappa shape index (κ2) is 13.3. The van der Waals surface area contributed by atoms with Gasteiger partial charge in [0, 0.05) is 12.6 Å². The minimum Gasteiger partial charge on any atom is -0.370 e. The van der Waals surface area contributed by atoms with E-state index in [4.69, 9.17) is 0 Å². The summed E-state index contributed by atoms with van der Waals surface area (Å²) < 4.78 is 44.4. The van der Waals surface area contributed by atoms with Gasteiger partial charge in [0.05, 0.1) is 23.2 Å². The van der Waals surface area contributed by atoms with E-state index < -0.39 is 18.4 Å². The summed E-state index contributed by atoms with van der Waals surface area (Å²) in [7, 11) is 1.68. The van der Waals surface area contributed by atoms with Crippen molar-refractivity contribution < 1.29 is 27.5 Å². The molecule has 0 aliphatic carbocycles. The minimum absolute atomic E-state index is 0.0437. The maximum atomic E-state index is 13.1. The molecule has 5 rings (SSSR count). The van der Waals surface area contributed by atoms with Crippen molar-refractivity contribution in [1.82, 2.24) is 25.2 Å². The fraction of sp³-hybridized carbons (Fsp3) is 0.281. The van der Waals surface area contributed by atoms with Gasteiger partial charge in [-0.15, -0.1) is 18.3 Å². The number of nitrogens with one attached hydrogen (secondary N) is 1. The van der Waals surface area contributed by atoms with Gasteiger partial charge in [0.1, 0.15) is 0 Å². The highest BCUT2D eigenvalue weighted by Crippen LogP contribution is 2.34. The van der Waals surface area contributed by atoms with Crippen LogP contribution in [0, 0.1) is 6.92 Å². The molecule has 1 aliphatic rings. The highest BCUT2D eigenvalue weighted by atomic mass is 32.2. The van der Waals surface area contributed by atoms with Crippen LogP contribution < -0.4 is 15.1 Å². The average Bonchev–Trinajstić information content (AvgIpc) is 3.58. The topological polar surface area (TPSA) is 105 Å². The van der Waals surface area contributed by atoms with Crippen molar-refractivity contribution in [1.29, 1.82) is 0 Å². The SMILES string of the molecule is Cc1ccc(C(C)C)c(N2C(=O)CSC2=NC(=O)NN(C)C(C)c2ccc(-c3nc(OC(F)(F)F)n(-c4ccccc4)n3)cc2)c1. The fourth-order valence-corrected chi connectivity index (χ4v) is 5.70. The van der Waals surface area contributed by atoms with Gasteiger partial charge in [-0.25, -0.2) is 9.80 Å². The predicted molar refractivity (Wildman–Crippen MR) is 171 cm³/mol. The Kier molecular flexibility index (Phi) is 9.49. The zero-order chi connectivity index (χ0) is 33.2. The zero-order valence-electron chi connectivity index (χ0n) is 25.7. The number of anilines is 1. The number of benzene rings is 3. The molecular formula is C32H32F3N7O3S. The Morgan fingerprint density at radius 2 is 1.76 bits per heavy atom. The summed E-state index contributed by atoms with van der Waals surface area (Å²) in [6, 6.07) is 19.4. The molecule has 0 bridgehead atoms. The molecule has 0 radical (unpaired) electrons. The van der Waals surface area contributed by atoms with Gasteiger partial charge in [0.25, 0.3) is 0 Å². The first kappa shape index (κ1) is 32.7. The molecule has 10 nitrogen and oxygen atoms in total. The molecule has 1 aliphatic heterocycles. The van der Waals surface area contributed by atoms with Crippen LogP contribution in [0.4, 0.5) is 23.7 Å². The van der Waals surface area contributed by atoms with Gasteiger partial charge < -0.3 is 4.74 Å². The number of amides is 3. The number of alkyl halides is 3. The van der Waals surface area contributed by atoms with E-state index in [1.807, 2.05) is 45.9 Å². The number of urea groups is 1. The lowest BCUT2D eigenvalue weighted by atomic mass is 9.99. The van der Waals surface area contributed by atoms with E-state index in [0.29, 0.717) is 16.4 Å². The third-order valence-corrected chi connectivity index (χ3v) is 8.22. The molecule has 4 aromatic rings. The van der Waals surface area contributed by atoms with E-state index >= 15 is 0 Å². The summed E-state index contributed by atoms with van der Waals surface area (Å²) in [5.74, 6) is 0.236. The third-order valence-electron chi connectivity index (χ3n) is 7.30. The molecule has 1 aromatic heterocycles. The number of para-hydroxylation sites is 1. The summed E-state index contributed by atoms with van der Waals surface area (Å²) >= 11 is 1.21. The van der Waals surface area contributed by atoms with Gasteiger partial charge in [0.2, 0.25) is 5.91 Å². The quantitative estimate of drug-likeness (QED) is 0.204. The first-order valence-corrected chi connectivity index (χ1v) is 15.4. The highest BCUT2D eigenvalue weighted by Gasteiger charge is 2.35. The van der Waals surface area contributed by atoms with Crippen molar-refractivity contribution in [2.75, 3.05) is 17.7 Å². The van der Waals surface area contributed by atoms with Crippen LogP contribution in [0.2, 0.25) is 0 Å². The number of hydrogen-bond acceptors (Lipinski definition) is 7. The summed E-state index contributed by atoms with van der Waals surface area (Å²) in [6.07, 6.45) is -4.95. The summed E-state index contributed by atoms with van der Waals surface area (Å²) in [5, 5.41) is 6.14. The number of nitrogens with zero attached hydrogens (tertiary/aromatic N) is 6. The van der Waals surface area contributed by atoms with Gasteiger partial charge >= 0.3 is 18.4 Å². The second-order valence-corrected chi connectivity index (χ2v) is 11.9. The van der Waals surface area contributed by atoms with Crippen molar-refractivity contribution in [3.8, 4) is 23.1 Å². The van der Waals surface area contributed by atoms with Crippen LogP contribution in [-0.4, -0.2) is 56.0 Å². The molecule has 3 amide bonds. The lowest BCUT2D eigenvalue weighted by Gasteiger charge is -2.25. The minimum atomic E-state index is -4.95. The van der Waals surface area contributed by atoms with Crippen molar-refractivity contribution in [3.63, 3.8) is 0 Å². The number of hydrazine groups is 1. The molecule has 14 heteroatoms. The molecule has 1 N–H and O–H groups in total. The molecule has 0 spiro atoms. The fourth-order valence-electron chi connectivity index (χ4n) is 4.84. The van der Waals surface area contributed by atoms with Crippen molar-refractivity contribution in [3.05, 3.63) is 89.5 Å². The van der Waals surface area contributed by atoms with Gasteiger partial charge in [-0.3, -0.25) is 15.1 Å². The number of halogens is 3.